The van der Waals surface area contributed by atoms with E-state index in [1.807, 2.05) is 54.6 Å². The molecule has 0 atom stereocenters. The third-order valence-corrected chi connectivity index (χ3v) is 3.93. The largest absolute Gasteiger partial charge is 0.489 e. The maximum absolute atomic E-state index is 12.1. The Morgan fingerprint density at radius 2 is 1.68 bits per heavy atom. The van der Waals surface area contributed by atoms with Crippen molar-refractivity contribution in [3.05, 3.63) is 102 Å². The molecular weight excluding hydrogens is 354 g/mol. The van der Waals surface area contributed by atoms with E-state index >= 15 is 0 Å². The van der Waals surface area contributed by atoms with Crippen molar-refractivity contribution in [2.45, 2.75) is 6.61 Å². The van der Waals surface area contributed by atoms with Gasteiger partial charge in [0.1, 0.15) is 12.4 Å². The normalized spacial score (nSPS) is 10.6. The number of hydrogen-bond acceptors (Lipinski definition) is 3. The van der Waals surface area contributed by atoms with E-state index in [4.69, 9.17) is 9.84 Å². The zero-order valence-electron chi connectivity index (χ0n) is 15.0. The van der Waals surface area contributed by atoms with Crippen molar-refractivity contribution in [1.29, 1.82) is 0 Å². The Morgan fingerprint density at radius 1 is 0.929 bits per heavy atom. The molecule has 0 saturated heterocycles. The van der Waals surface area contributed by atoms with Crippen molar-refractivity contribution in [2.75, 3.05) is 5.32 Å². The predicted molar refractivity (Wildman–Crippen MR) is 108 cm³/mol. The standard InChI is InChI=1S/C23H19NO4/c25-22(24-20-12-10-19(11-13-20)23(26)27)14-9-17-7-4-8-21(15-17)28-16-18-5-2-1-3-6-18/h1-15H,16H2,(H,24,25)(H,26,27)/b14-9+. The van der Waals surface area contributed by atoms with Gasteiger partial charge in [-0.3, -0.25) is 4.79 Å². The van der Waals surface area contributed by atoms with Crippen LogP contribution in [-0.2, 0) is 11.4 Å². The lowest BCUT2D eigenvalue weighted by Crippen LogP contribution is -2.08. The second-order valence-corrected chi connectivity index (χ2v) is 6.05. The average molecular weight is 373 g/mol. The number of carboxylic acids is 1. The average Bonchev–Trinajstić information content (AvgIpc) is 2.72. The van der Waals surface area contributed by atoms with Crippen LogP contribution in [0, 0.1) is 0 Å². The first kappa shape index (κ1) is 18.9. The molecule has 0 unspecified atom stereocenters. The fourth-order valence-electron chi connectivity index (χ4n) is 2.50. The summed E-state index contributed by atoms with van der Waals surface area (Å²) in [5.74, 6) is -0.596. The van der Waals surface area contributed by atoms with Crippen molar-refractivity contribution < 1.29 is 19.4 Å². The summed E-state index contributed by atoms with van der Waals surface area (Å²) in [7, 11) is 0. The van der Waals surface area contributed by atoms with Crippen LogP contribution in [-0.4, -0.2) is 17.0 Å². The summed E-state index contributed by atoms with van der Waals surface area (Å²) in [4.78, 5) is 22.9. The highest BCUT2D eigenvalue weighted by atomic mass is 16.5. The fraction of sp³-hybridized carbons (Fsp3) is 0.0435. The number of carbonyl (C=O) groups excluding carboxylic acids is 1. The van der Waals surface area contributed by atoms with Gasteiger partial charge in [-0.25, -0.2) is 4.79 Å². The first-order valence-electron chi connectivity index (χ1n) is 8.69. The molecule has 0 spiro atoms. The maximum atomic E-state index is 12.1. The molecular formula is C23H19NO4. The van der Waals surface area contributed by atoms with Gasteiger partial charge in [-0.2, -0.15) is 0 Å². The topological polar surface area (TPSA) is 75.6 Å². The highest BCUT2D eigenvalue weighted by molar-refractivity contribution is 6.02. The Labute approximate surface area is 162 Å². The Balaban J connectivity index is 1.57. The minimum absolute atomic E-state index is 0.167. The molecule has 3 rings (SSSR count). The summed E-state index contributed by atoms with van der Waals surface area (Å²) in [5, 5.41) is 11.6. The van der Waals surface area contributed by atoms with Gasteiger partial charge in [-0.1, -0.05) is 42.5 Å². The Bertz CT molecular complexity index is 979. The van der Waals surface area contributed by atoms with E-state index < -0.39 is 5.97 Å². The van der Waals surface area contributed by atoms with E-state index in [-0.39, 0.29) is 11.5 Å². The van der Waals surface area contributed by atoms with Crippen molar-refractivity contribution in [1.82, 2.24) is 0 Å². The molecule has 140 valence electrons. The van der Waals surface area contributed by atoms with Crippen molar-refractivity contribution >= 4 is 23.6 Å². The minimum atomic E-state index is -1.01. The molecule has 0 aliphatic carbocycles. The van der Waals surface area contributed by atoms with Crippen LogP contribution in [0.15, 0.2) is 84.9 Å². The molecule has 28 heavy (non-hydrogen) atoms. The molecule has 3 aromatic carbocycles. The second kappa shape index (κ2) is 9.19. The molecule has 0 aromatic heterocycles. The van der Waals surface area contributed by atoms with Crippen molar-refractivity contribution in [3.8, 4) is 5.75 Å². The highest BCUT2D eigenvalue weighted by Gasteiger charge is 2.03. The van der Waals surface area contributed by atoms with Crippen LogP contribution in [0.1, 0.15) is 21.5 Å². The molecule has 0 saturated carbocycles. The van der Waals surface area contributed by atoms with E-state index in [1.54, 1.807) is 18.2 Å². The number of benzene rings is 3. The Kier molecular flexibility index (Phi) is 6.21. The van der Waals surface area contributed by atoms with Crippen molar-refractivity contribution in [2.24, 2.45) is 0 Å². The molecule has 2 N–H and O–H groups in total. The molecule has 3 aromatic rings. The Hall–Kier alpha value is -3.86. The molecule has 0 fully saturated rings. The van der Waals surface area contributed by atoms with Crippen LogP contribution in [0.25, 0.3) is 6.08 Å². The lowest BCUT2D eigenvalue weighted by atomic mass is 10.2. The first-order valence-corrected chi connectivity index (χ1v) is 8.69. The fourth-order valence-corrected chi connectivity index (χ4v) is 2.50. The smallest absolute Gasteiger partial charge is 0.335 e. The zero-order valence-corrected chi connectivity index (χ0v) is 15.0. The third-order valence-electron chi connectivity index (χ3n) is 3.93. The zero-order chi connectivity index (χ0) is 19.8. The number of rotatable bonds is 7. The van der Waals surface area contributed by atoms with Crippen LogP contribution in [0.5, 0.6) is 5.75 Å². The maximum Gasteiger partial charge on any atom is 0.335 e. The minimum Gasteiger partial charge on any atom is -0.489 e. The monoisotopic (exact) mass is 373 g/mol. The molecule has 0 radical (unpaired) electrons. The van der Waals surface area contributed by atoms with E-state index in [0.717, 1.165) is 16.9 Å². The van der Waals surface area contributed by atoms with Crippen LogP contribution in [0.3, 0.4) is 0 Å². The van der Waals surface area contributed by atoms with E-state index in [9.17, 15) is 9.59 Å². The molecule has 0 bridgehead atoms. The SMILES string of the molecule is O=C(/C=C/c1cccc(OCc2ccccc2)c1)Nc1ccc(C(=O)O)cc1. The van der Waals surface area contributed by atoms with Gasteiger partial charge in [0.15, 0.2) is 0 Å². The van der Waals surface area contributed by atoms with Gasteiger partial charge >= 0.3 is 5.97 Å². The Morgan fingerprint density at radius 3 is 2.39 bits per heavy atom. The second-order valence-electron chi connectivity index (χ2n) is 6.05. The summed E-state index contributed by atoms with van der Waals surface area (Å²) < 4.78 is 5.78. The number of hydrogen-bond donors (Lipinski definition) is 2. The lowest BCUT2D eigenvalue weighted by Gasteiger charge is -2.07. The van der Waals surface area contributed by atoms with E-state index in [1.165, 1.54) is 18.2 Å². The number of nitrogens with one attached hydrogen (secondary N) is 1. The lowest BCUT2D eigenvalue weighted by molar-refractivity contribution is -0.111. The summed E-state index contributed by atoms with van der Waals surface area (Å²) in [5.41, 5.74) is 2.61. The molecule has 0 aliphatic rings. The van der Waals surface area contributed by atoms with Crippen LogP contribution >= 0.6 is 0 Å². The number of carboxylic acid groups (broad SMARTS) is 1. The van der Waals surface area contributed by atoms with E-state index in [2.05, 4.69) is 5.32 Å². The summed E-state index contributed by atoms with van der Waals surface area (Å²) in [6.07, 6.45) is 3.11. The summed E-state index contributed by atoms with van der Waals surface area (Å²) in [6, 6.07) is 23.3. The van der Waals surface area contributed by atoms with Gasteiger partial charge in [0.2, 0.25) is 5.91 Å². The van der Waals surface area contributed by atoms with Crippen LogP contribution in [0.4, 0.5) is 5.69 Å². The van der Waals surface area contributed by atoms with Gasteiger partial charge in [-0.15, -0.1) is 0 Å². The first-order chi connectivity index (χ1) is 13.6. The highest BCUT2D eigenvalue weighted by Crippen LogP contribution is 2.16. The predicted octanol–water partition coefficient (Wildman–Crippen LogP) is 4.62. The number of amides is 1. The molecule has 1 amide bonds. The van der Waals surface area contributed by atoms with Gasteiger partial charge < -0.3 is 15.2 Å². The van der Waals surface area contributed by atoms with E-state index in [0.29, 0.717) is 12.3 Å². The van der Waals surface area contributed by atoms with Crippen LogP contribution < -0.4 is 10.1 Å². The van der Waals surface area contributed by atoms with Gasteiger partial charge in [0.05, 0.1) is 5.56 Å². The number of carbonyl (C=O) groups is 2. The van der Waals surface area contributed by atoms with Crippen LogP contribution in [0.2, 0.25) is 0 Å². The molecule has 5 nitrogen and oxygen atoms in total. The molecule has 0 heterocycles. The molecule has 0 aliphatic heterocycles. The number of aromatic carboxylic acids is 1. The summed E-state index contributed by atoms with van der Waals surface area (Å²) >= 11 is 0. The van der Waals surface area contributed by atoms with Gasteiger partial charge in [-0.05, 0) is 53.6 Å². The third kappa shape index (κ3) is 5.57. The molecule has 5 heteroatoms. The number of ether oxygens (including phenoxy) is 1. The van der Waals surface area contributed by atoms with Crippen molar-refractivity contribution in [3.63, 3.8) is 0 Å². The quantitative estimate of drug-likeness (QED) is 0.593. The van der Waals surface area contributed by atoms with Gasteiger partial charge in [0.25, 0.3) is 0 Å². The number of anilines is 1. The summed E-state index contributed by atoms with van der Waals surface area (Å²) in [6.45, 7) is 0.473. The van der Waals surface area contributed by atoms with Gasteiger partial charge in [0, 0.05) is 11.8 Å².